The smallest absolute Gasteiger partial charge is 0.338 e. The number of benzene rings is 2. The highest BCUT2D eigenvalue weighted by Crippen LogP contribution is 2.29. The van der Waals surface area contributed by atoms with Crippen molar-refractivity contribution in [3.8, 4) is 11.5 Å². The molecule has 0 bridgehead atoms. The van der Waals surface area contributed by atoms with Gasteiger partial charge in [-0.15, -0.1) is 0 Å². The standard InChI is InChI=1S/C21H26N2O5/c1-14(18-12-17(26-4)9-10-19(18)27-5)22-20(24)13-28-21(25)15-7-6-8-16(11-15)23(2)3/h6-12,14H,13H2,1-5H3,(H,22,24). The molecule has 0 heterocycles. The molecular weight excluding hydrogens is 360 g/mol. The third kappa shape index (κ3) is 5.39. The average Bonchev–Trinajstić information content (AvgIpc) is 2.71. The van der Waals surface area contributed by atoms with Crippen LogP contribution in [-0.2, 0) is 9.53 Å². The molecule has 0 saturated heterocycles. The Labute approximate surface area is 165 Å². The van der Waals surface area contributed by atoms with Crippen molar-refractivity contribution in [3.63, 3.8) is 0 Å². The number of nitrogens with zero attached hydrogens (tertiary/aromatic N) is 1. The van der Waals surface area contributed by atoms with Gasteiger partial charge in [0.2, 0.25) is 0 Å². The number of ether oxygens (including phenoxy) is 3. The van der Waals surface area contributed by atoms with E-state index in [0.29, 0.717) is 17.1 Å². The maximum absolute atomic E-state index is 12.2. The number of carbonyl (C=O) groups excluding carboxylic acids is 2. The van der Waals surface area contributed by atoms with Crippen molar-refractivity contribution in [2.75, 3.05) is 39.8 Å². The van der Waals surface area contributed by atoms with Gasteiger partial charge in [-0.25, -0.2) is 4.79 Å². The Morgan fingerprint density at radius 3 is 2.46 bits per heavy atom. The van der Waals surface area contributed by atoms with E-state index < -0.39 is 11.9 Å². The first-order valence-corrected chi connectivity index (χ1v) is 8.81. The van der Waals surface area contributed by atoms with Gasteiger partial charge < -0.3 is 24.4 Å². The van der Waals surface area contributed by atoms with Crippen LogP contribution in [0.25, 0.3) is 0 Å². The lowest BCUT2D eigenvalue weighted by Crippen LogP contribution is -2.31. The van der Waals surface area contributed by atoms with Crippen LogP contribution in [0.2, 0.25) is 0 Å². The minimum absolute atomic E-state index is 0.353. The molecule has 150 valence electrons. The van der Waals surface area contributed by atoms with E-state index in [-0.39, 0.29) is 12.6 Å². The molecule has 0 fully saturated rings. The van der Waals surface area contributed by atoms with Crippen LogP contribution in [0, 0.1) is 0 Å². The third-order valence-electron chi connectivity index (χ3n) is 4.21. The molecule has 0 aliphatic heterocycles. The number of esters is 1. The van der Waals surface area contributed by atoms with Crippen LogP contribution in [0.1, 0.15) is 28.9 Å². The summed E-state index contributed by atoms with van der Waals surface area (Å²) >= 11 is 0. The van der Waals surface area contributed by atoms with Gasteiger partial charge in [0, 0.05) is 25.3 Å². The predicted molar refractivity (Wildman–Crippen MR) is 107 cm³/mol. The number of amides is 1. The van der Waals surface area contributed by atoms with Gasteiger partial charge in [0.1, 0.15) is 11.5 Å². The molecule has 7 heteroatoms. The monoisotopic (exact) mass is 386 g/mol. The Balaban J connectivity index is 1.97. The molecule has 0 aromatic heterocycles. The number of methoxy groups -OCH3 is 2. The Morgan fingerprint density at radius 1 is 1.07 bits per heavy atom. The van der Waals surface area contributed by atoms with Gasteiger partial charge in [0.15, 0.2) is 6.61 Å². The van der Waals surface area contributed by atoms with E-state index in [4.69, 9.17) is 14.2 Å². The van der Waals surface area contributed by atoms with Crippen molar-refractivity contribution < 1.29 is 23.8 Å². The summed E-state index contributed by atoms with van der Waals surface area (Å²) in [5.74, 6) is 0.329. The maximum atomic E-state index is 12.2. The van der Waals surface area contributed by atoms with Crippen LogP contribution in [0.5, 0.6) is 11.5 Å². The molecular formula is C21H26N2O5. The topological polar surface area (TPSA) is 77.1 Å². The van der Waals surface area contributed by atoms with Gasteiger partial charge >= 0.3 is 5.97 Å². The van der Waals surface area contributed by atoms with Crippen molar-refractivity contribution in [1.82, 2.24) is 5.32 Å². The van der Waals surface area contributed by atoms with E-state index >= 15 is 0 Å². The van der Waals surface area contributed by atoms with E-state index in [9.17, 15) is 9.59 Å². The number of carbonyl (C=O) groups is 2. The van der Waals surface area contributed by atoms with Crippen LogP contribution >= 0.6 is 0 Å². The molecule has 2 aromatic rings. The molecule has 2 aromatic carbocycles. The van der Waals surface area contributed by atoms with Gasteiger partial charge in [0.25, 0.3) is 5.91 Å². The molecule has 1 N–H and O–H groups in total. The number of rotatable bonds is 8. The minimum Gasteiger partial charge on any atom is -0.497 e. The third-order valence-corrected chi connectivity index (χ3v) is 4.21. The van der Waals surface area contributed by atoms with E-state index in [2.05, 4.69) is 5.32 Å². The minimum atomic E-state index is -0.550. The molecule has 1 atom stereocenters. The largest absolute Gasteiger partial charge is 0.497 e. The number of anilines is 1. The molecule has 0 saturated carbocycles. The molecule has 1 unspecified atom stereocenters. The van der Waals surface area contributed by atoms with E-state index in [1.165, 1.54) is 0 Å². The first kappa shape index (κ1) is 21.1. The lowest BCUT2D eigenvalue weighted by molar-refractivity contribution is -0.124. The maximum Gasteiger partial charge on any atom is 0.338 e. The Hall–Kier alpha value is -3.22. The first-order chi connectivity index (χ1) is 13.3. The van der Waals surface area contributed by atoms with Crippen molar-refractivity contribution in [2.24, 2.45) is 0 Å². The summed E-state index contributed by atoms with van der Waals surface area (Å²) in [6.45, 7) is 1.44. The van der Waals surface area contributed by atoms with Gasteiger partial charge in [-0.2, -0.15) is 0 Å². The lowest BCUT2D eigenvalue weighted by Gasteiger charge is -2.18. The zero-order valence-electron chi connectivity index (χ0n) is 16.8. The summed E-state index contributed by atoms with van der Waals surface area (Å²) in [6.07, 6.45) is 0. The van der Waals surface area contributed by atoms with Crippen LogP contribution in [0.3, 0.4) is 0 Å². The first-order valence-electron chi connectivity index (χ1n) is 8.81. The molecule has 28 heavy (non-hydrogen) atoms. The SMILES string of the molecule is COc1ccc(OC)c(C(C)NC(=O)COC(=O)c2cccc(N(C)C)c2)c1. The second-order valence-corrected chi connectivity index (χ2v) is 6.42. The van der Waals surface area contributed by atoms with Crippen LogP contribution in [-0.4, -0.2) is 46.8 Å². The quantitative estimate of drug-likeness (QED) is 0.703. The number of nitrogens with one attached hydrogen (secondary N) is 1. The second kappa shape index (κ2) is 9.64. The average molecular weight is 386 g/mol. The summed E-state index contributed by atoms with van der Waals surface area (Å²) in [7, 11) is 6.89. The molecule has 0 aliphatic carbocycles. The summed E-state index contributed by atoms with van der Waals surface area (Å²) in [5.41, 5.74) is 2.03. The highest BCUT2D eigenvalue weighted by Gasteiger charge is 2.17. The highest BCUT2D eigenvalue weighted by molar-refractivity contribution is 5.92. The summed E-state index contributed by atoms with van der Waals surface area (Å²) in [5, 5.41) is 2.80. The summed E-state index contributed by atoms with van der Waals surface area (Å²) in [4.78, 5) is 26.3. The lowest BCUT2D eigenvalue weighted by atomic mass is 10.1. The Bertz CT molecular complexity index is 835. The molecule has 0 spiro atoms. The van der Waals surface area contributed by atoms with Crippen LogP contribution in [0.4, 0.5) is 5.69 Å². The second-order valence-electron chi connectivity index (χ2n) is 6.42. The van der Waals surface area contributed by atoms with Crippen molar-refractivity contribution in [1.29, 1.82) is 0 Å². The van der Waals surface area contributed by atoms with E-state index in [0.717, 1.165) is 11.3 Å². The van der Waals surface area contributed by atoms with E-state index in [1.54, 1.807) is 50.6 Å². The van der Waals surface area contributed by atoms with Gasteiger partial charge in [-0.1, -0.05) is 6.07 Å². The van der Waals surface area contributed by atoms with E-state index in [1.807, 2.05) is 32.0 Å². The fourth-order valence-corrected chi connectivity index (χ4v) is 2.66. The van der Waals surface area contributed by atoms with Crippen LogP contribution < -0.4 is 19.7 Å². The van der Waals surface area contributed by atoms with Crippen LogP contribution in [0.15, 0.2) is 42.5 Å². The van der Waals surface area contributed by atoms with Gasteiger partial charge in [-0.3, -0.25) is 4.79 Å². The van der Waals surface area contributed by atoms with Gasteiger partial charge in [-0.05, 0) is 43.3 Å². The predicted octanol–water partition coefficient (Wildman–Crippen LogP) is 2.80. The summed E-state index contributed by atoms with van der Waals surface area (Å²) < 4.78 is 15.7. The van der Waals surface area contributed by atoms with Crippen molar-refractivity contribution >= 4 is 17.6 Å². The molecule has 7 nitrogen and oxygen atoms in total. The zero-order valence-corrected chi connectivity index (χ0v) is 16.8. The Kier molecular flexibility index (Phi) is 7.26. The normalized spacial score (nSPS) is 11.3. The number of hydrogen-bond acceptors (Lipinski definition) is 6. The molecule has 2 rings (SSSR count). The highest BCUT2D eigenvalue weighted by atomic mass is 16.5. The molecule has 0 aliphatic rings. The molecule has 0 radical (unpaired) electrons. The van der Waals surface area contributed by atoms with Gasteiger partial charge in [0.05, 0.1) is 25.8 Å². The zero-order chi connectivity index (χ0) is 20.7. The Morgan fingerprint density at radius 2 is 1.82 bits per heavy atom. The summed E-state index contributed by atoms with van der Waals surface area (Å²) in [6, 6.07) is 12.0. The number of hydrogen-bond donors (Lipinski definition) is 1. The molecule has 1 amide bonds. The van der Waals surface area contributed by atoms with Crippen molar-refractivity contribution in [3.05, 3.63) is 53.6 Å². The van der Waals surface area contributed by atoms with Crippen molar-refractivity contribution in [2.45, 2.75) is 13.0 Å². The fraction of sp³-hybridized carbons (Fsp3) is 0.333. The fourth-order valence-electron chi connectivity index (χ4n) is 2.66.